The van der Waals surface area contributed by atoms with E-state index >= 15 is 0 Å². The third kappa shape index (κ3) is 3.57. The number of amides is 3. The fourth-order valence-electron chi connectivity index (χ4n) is 2.96. The van der Waals surface area contributed by atoms with Gasteiger partial charge in [0.25, 0.3) is 11.1 Å². The number of thioether (sulfide) groups is 1. The van der Waals surface area contributed by atoms with Crippen LogP contribution in [-0.4, -0.2) is 28.5 Å². The molecule has 28 heavy (non-hydrogen) atoms. The van der Waals surface area contributed by atoms with E-state index in [0.717, 1.165) is 27.4 Å². The highest BCUT2D eigenvalue weighted by atomic mass is 32.2. The summed E-state index contributed by atoms with van der Waals surface area (Å²) in [6.45, 7) is 1.45. The number of benzene rings is 2. The number of hydrogen-bond acceptors (Lipinski definition) is 5. The van der Waals surface area contributed by atoms with Gasteiger partial charge in [-0.15, -0.1) is 0 Å². The summed E-state index contributed by atoms with van der Waals surface area (Å²) in [6.07, 6.45) is 1.51. The van der Waals surface area contributed by atoms with Gasteiger partial charge in [0.15, 0.2) is 0 Å². The van der Waals surface area contributed by atoms with E-state index in [1.807, 2.05) is 36.4 Å². The van der Waals surface area contributed by atoms with Crippen LogP contribution in [0.4, 0.5) is 10.5 Å². The molecular formula is C21H16N2O4S. The second kappa shape index (κ2) is 7.36. The topological polar surface area (TPSA) is 79.6 Å². The van der Waals surface area contributed by atoms with Gasteiger partial charge in [-0.2, -0.15) is 0 Å². The number of hydrogen-bond donors (Lipinski definition) is 1. The van der Waals surface area contributed by atoms with Gasteiger partial charge in [0.1, 0.15) is 18.1 Å². The van der Waals surface area contributed by atoms with Crippen LogP contribution in [0.5, 0.6) is 0 Å². The van der Waals surface area contributed by atoms with Gasteiger partial charge >= 0.3 is 0 Å². The summed E-state index contributed by atoms with van der Waals surface area (Å²) in [5, 5.41) is 4.19. The standard InChI is InChI=1S/C21H16N2O4S/c1-13-9-10-15(27-13)11-18-20(25)23(21(26)28-18)12-19(24)22-17-8-4-6-14-5-2-3-7-16(14)17/h2-11H,12H2,1H3,(H,22,24)/b18-11+. The maximum atomic E-state index is 12.5. The zero-order valence-electron chi connectivity index (χ0n) is 15.0. The number of anilines is 1. The Bertz CT molecular complexity index is 1130. The summed E-state index contributed by atoms with van der Waals surface area (Å²) in [5.74, 6) is 0.258. The van der Waals surface area contributed by atoms with Crippen LogP contribution in [0.1, 0.15) is 11.5 Å². The first-order chi connectivity index (χ1) is 13.5. The molecule has 2 heterocycles. The zero-order valence-corrected chi connectivity index (χ0v) is 15.8. The second-order valence-corrected chi connectivity index (χ2v) is 7.28. The number of aryl methyl sites for hydroxylation is 1. The van der Waals surface area contributed by atoms with E-state index in [2.05, 4.69) is 5.32 Å². The Kier molecular flexibility index (Phi) is 4.75. The van der Waals surface area contributed by atoms with Gasteiger partial charge in [-0.05, 0) is 42.3 Å². The van der Waals surface area contributed by atoms with Crippen molar-refractivity contribution in [3.05, 3.63) is 71.0 Å². The van der Waals surface area contributed by atoms with Gasteiger partial charge in [-0.1, -0.05) is 36.4 Å². The van der Waals surface area contributed by atoms with E-state index in [0.29, 0.717) is 17.2 Å². The molecule has 4 rings (SSSR count). The molecule has 0 unspecified atom stereocenters. The lowest BCUT2D eigenvalue weighted by atomic mass is 10.1. The molecule has 0 radical (unpaired) electrons. The van der Waals surface area contributed by atoms with E-state index in [1.54, 1.807) is 25.1 Å². The summed E-state index contributed by atoms with van der Waals surface area (Å²) in [4.78, 5) is 38.4. The number of nitrogens with zero attached hydrogens (tertiary/aromatic N) is 1. The summed E-state index contributed by atoms with van der Waals surface area (Å²) in [7, 11) is 0. The number of carbonyl (C=O) groups is 3. The Morgan fingerprint density at radius 1 is 1.11 bits per heavy atom. The first-order valence-electron chi connectivity index (χ1n) is 8.61. The monoisotopic (exact) mass is 392 g/mol. The molecule has 0 aliphatic carbocycles. The number of fused-ring (bicyclic) bond motifs is 1. The van der Waals surface area contributed by atoms with Gasteiger partial charge in [-0.3, -0.25) is 19.3 Å². The third-order valence-electron chi connectivity index (χ3n) is 4.27. The van der Waals surface area contributed by atoms with Gasteiger partial charge in [0.05, 0.1) is 4.91 Å². The van der Waals surface area contributed by atoms with Crippen molar-refractivity contribution >= 4 is 51.4 Å². The predicted octanol–water partition coefficient (Wildman–Crippen LogP) is 4.42. The van der Waals surface area contributed by atoms with Crippen LogP contribution in [0, 0.1) is 6.92 Å². The Hall–Kier alpha value is -3.32. The highest BCUT2D eigenvalue weighted by molar-refractivity contribution is 8.18. The van der Waals surface area contributed by atoms with Crippen LogP contribution < -0.4 is 5.32 Å². The zero-order chi connectivity index (χ0) is 19.7. The summed E-state index contributed by atoms with van der Waals surface area (Å²) >= 11 is 0.795. The van der Waals surface area contributed by atoms with Gasteiger partial charge in [-0.25, -0.2) is 0 Å². The third-order valence-corrected chi connectivity index (χ3v) is 5.18. The van der Waals surface area contributed by atoms with Crippen LogP contribution >= 0.6 is 11.8 Å². The largest absolute Gasteiger partial charge is 0.462 e. The quantitative estimate of drug-likeness (QED) is 0.665. The van der Waals surface area contributed by atoms with Crippen molar-refractivity contribution in [2.75, 3.05) is 11.9 Å². The molecule has 0 saturated carbocycles. The first kappa shape index (κ1) is 18.1. The van der Waals surface area contributed by atoms with Crippen molar-refractivity contribution in [3.8, 4) is 0 Å². The van der Waals surface area contributed by atoms with Gasteiger partial charge in [0.2, 0.25) is 5.91 Å². The van der Waals surface area contributed by atoms with Crippen LogP contribution in [0.25, 0.3) is 16.8 Å². The average Bonchev–Trinajstić information content (AvgIpc) is 3.20. The molecule has 1 fully saturated rings. The molecule has 3 aromatic rings. The summed E-state index contributed by atoms with van der Waals surface area (Å²) in [6, 6.07) is 16.7. The fourth-order valence-corrected chi connectivity index (χ4v) is 3.78. The smallest absolute Gasteiger partial charge is 0.294 e. The molecule has 1 N–H and O–H groups in total. The van der Waals surface area contributed by atoms with Crippen molar-refractivity contribution < 1.29 is 18.8 Å². The van der Waals surface area contributed by atoms with Crippen molar-refractivity contribution in [1.29, 1.82) is 0 Å². The van der Waals surface area contributed by atoms with E-state index in [9.17, 15) is 14.4 Å². The first-order valence-corrected chi connectivity index (χ1v) is 9.42. The number of carbonyl (C=O) groups excluding carboxylic acids is 3. The van der Waals surface area contributed by atoms with E-state index in [4.69, 9.17) is 4.42 Å². The Balaban J connectivity index is 1.49. The number of imide groups is 1. The lowest BCUT2D eigenvalue weighted by Crippen LogP contribution is -2.36. The van der Waals surface area contributed by atoms with E-state index < -0.39 is 17.1 Å². The van der Waals surface area contributed by atoms with Crippen molar-refractivity contribution in [1.82, 2.24) is 4.90 Å². The number of furan rings is 1. The molecule has 0 atom stereocenters. The highest BCUT2D eigenvalue weighted by Gasteiger charge is 2.36. The second-order valence-electron chi connectivity index (χ2n) is 6.29. The lowest BCUT2D eigenvalue weighted by Gasteiger charge is -2.13. The summed E-state index contributed by atoms with van der Waals surface area (Å²) < 4.78 is 5.41. The highest BCUT2D eigenvalue weighted by Crippen LogP contribution is 2.32. The molecule has 1 saturated heterocycles. The molecule has 3 amide bonds. The average molecular weight is 392 g/mol. The van der Waals surface area contributed by atoms with Crippen molar-refractivity contribution in [3.63, 3.8) is 0 Å². The molecule has 0 bridgehead atoms. The molecule has 6 nitrogen and oxygen atoms in total. The van der Waals surface area contributed by atoms with Gasteiger partial charge in [0, 0.05) is 17.1 Å². The maximum absolute atomic E-state index is 12.5. The maximum Gasteiger partial charge on any atom is 0.294 e. The fraction of sp³-hybridized carbons (Fsp3) is 0.0952. The molecule has 1 aromatic heterocycles. The molecule has 7 heteroatoms. The summed E-state index contributed by atoms with van der Waals surface area (Å²) in [5.41, 5.74) is 0.636. The van der Waals surface area contributed by atoms with Crippen LogP contribution in [0.15, 0.2) is 63.9 Å². The lowest BCUT2D eigenvalue weighted by molar-refractivity contribution is -0.127. The molecule has 140 valence electrons. The minimum atomic E-state index is -0.503. The normalized spacial score (nSPS) is 15.6. The molecule has 1 aliphatic heterocycles. The predicted molar refractivity (Wildman–Crippen MR) is 109 cm³/mol. The van der Waals surface area contributed by atoms with Crippen LogP contribution in [0.3, 0.4) is 0 Å². The Morgan fingerprint density at radius 3 is 2.68 bits per heavy atom. The molecular weight excluding hydrogens is 376 g/mol. The minimum absolute atomic E-state index is 0.234. The Morgan fingerprint density at radius 2 is 1.89 bits per heavy atom. The van der Waals surface area contributed by atoms with Gasteiger partial charge < -0.3 is 9.73 Å². The van der Waals surface area contributed by atoms with Crippen LogP contribution in [-0.2, 0) is 9.59 Å². The van der Waals surface area contributed by atoms with Crippen molar-refractivity contribution in [2.24, 2.45) is 0 Å². The molecule has 2 aromatic carbocycles. The van der Waals surface area contributed by atoms with Crippen molar-refractivity contribution in [2.45, 2.75) is 6.92 Å². The number of rotatable bonds is 4. The van der Waals surface area contributed by atoms with Crippen LogP contribution in [0.2, 0.25) is 0 Å². The Labute approximate surface area is 165 Å². The molecule has 0 spiro atoms. The number of nitrogens with one attached hydrogen (secondary N) is 1. The minimum Gasteiger partial charge on any atom is -0.462 e. The SMILES string of the molecule is Cc1ccc(/C=C2/SC(=O)N(CC(=O)Nc3cccc4ccccc34)C2=O)o1. The van der Waals surface area contributed by atoms with E-state index in [-0.39, 0.29) is 11.4 Å². The van der Waals surface area contributed by atoms with E-state index in [1.165, 1.54) is 6.08 Å². The molecule has 1 aliphatic rings.